The largest absolute Gasteiger partial charge is 0.493 e. The fourth-order valence-corrected chi connectivity index (χ4v) is 4.56. The van der Waals surface area contributed by atoms with Crippen LogP contribution in [0.2, 0.25) is 0 Å². The highest BCUT2D eigenvalue weighted by molar-refractivity contribution is 8.26. The first kappa shape index (κ1) is 24.6. The van der Waals surface area contributed by atoms with E-state index in [0.29, 0.717) is 51.7 Å². The third-order valence-electron chi connectivity index (χ3n) is 4.83. The second kappa shape index (κ2) is 11.7. The number of carbonyl (C=O) groups is 2. The van der Waals surface area contributed by atoms with Gasteiger partial charge in [0, 0.05) is 13.0 Å². The molecule has 1 aliphatic heterocycles. The Kier molecular flexibility index (Phi) is 8.73. The Hall–Kier alpha value is -3.04. The molecule has 0 aliphatic carbocycles. The molecule has 1 aliphatic rings. The Labute approximate surface area is 203 Å². The normalized spacial score (nSPS) is 14.5. The molecule has 2 aromatic carbocycles. The number of hydrogen-bond donors (Lipinski definition) is 1. The van der Waals surface area contributed by atoms with Crippen molar-refractivity contribution in [3.05, 3.63) is 52.9 Å². The van der Waals surface area contributed by atoms with E-state index in [1.54, 1.807) is 38.5 Å². The lowest BCUT2D eigenvalue weighted by molar-refractivity contribution is -0.122. The maximum atomic E-state index is 12.9. The van der Waals surface area contributed by atoms with Crippen LogP contribution in [0, 0.1) is 0 Å². The number of nitrogens with zero attached hydrogens (tertiary/aromatic N) is 1. The zero-order chi connectivity index (χ0) is 23.8. The summed E-state index contributed by atoms with van der Waals surface area (Å²) < 4.78 is 16.6. The minimum atomic E-state index is -0.165. The number of thiocarbonyl (C=S) groups is 1. The Morgan fingerprint density at radius 3 is 2.61 bits per heavy atom. The smallest absolute Gasteiger partial charge is 0.266 e. The van der Waals surface area contributed by atoms with Crippen LogP contribution in [-0.2, 0) is 9.59 Å². The molecule has 0 saturated carbocycles. The topological polar surface area (TPSA) is 77.1 Å². The molecule has 0 aromatic heterocycles. The van der Waals surface area contributed by atoms with E-state index in [9.17, 15) is 9.59 Å². The van der Waals surface area contributed by atoms with Crippen LogP contribution in [0.15, 0.2) is 47.4 Å². The summed E-state index contributed by atoms with van der Waals surface area (Å²) in [6, 6.07) is 12.7. The number of anilines is 1. The fourth-order valence-electron chi connectivity index (χ4n) is 3.25. The van der Waals surface area contributed by atoms with Gasteiger partial charge in [-0.3, -0.25) is 14.5 Å². The lowest BCUT2D eigenvalue weighted by Crippen LogP contribution is -2.29. The number of nitrogens with one attached hydrogen (secondary N) is 1. The summed E-state index contributed by atoms with van der Waals surface area (Å²) in [5, 5.41) is 2.87. The minimum absolute atomic E-state index is 0.145. The average molecular weight is 487 g/mol. The summed E-state index contributed by atoms with van der Waals surface area (Å²) in [7, 11) is 3.13. The van der Waals surface area contributed by atoms with Gasteiger partial charge in [-0.2, -0.15) is 0 Å². The SMILES string of the molecule is CCOc1ccccc1NC(=O)CCCN1C(=O)C(=Cc2ccc(OC)c(OC)c2)SC1=S. The zero-order valence-electron chi connectivity index (χ0n) is 18.8. The van der Waals surface area contributed by atoms with Crippen molar-refractivity contribution >= 4 is 51.9 Å². The van der Waals surface area contributed by atoms with Crippen molar-refractivity contribution in [3.8, 4) is 17.2 Å². The predicted molar refractivity (Wildman–Crippen MR) is 135 cm³/mol. The van der Waals surface area contributed by atoms with E-state index in [1.807, 2.05) is 31.2 Å². The molecule has 0 bridgehead atoms. The van der Waals surface area contributed by atoms with Crippen LogP contribution in [0.4, 0.5) is 5.69 Å². The molecular formula is C24H26N2O5S2. The van der Waals surface area contributed by atoms with E-state index in [1.165, 1.54) is 16.7 Å². The number of thioether (sulfide) groups is 1. The molecule has 1 N–H and O–H groups in total. The van der Waals surface area contributed by atoms with Crippen LogP contribution in [-0.4, -0.2) is 48.4 Å². The van der Waals surface area contributed by atoms with E-state index in [0.717, 1.165) is 5.56 Å². The first-order valence-corrected chi connectivity index (χ1v) is 11.7. The number of para-hydroxylation sites is 2. The Morgan fingerprint density at radius 1 is 1.12 bits per heavy atom. The van der Waals surface area contributed by atoms with Gasteiger partial charge in [0.15, 0.2) is 11.5 Å². The van der Waals surface area contributed by atoms with Gasteiger partial charge in [-0.05, 0) is 49.2 Å². The standard InChI is InChI=1S/C24H26N2O5S2/c1-4-31-18-9-6-5-8-17(18)25-22(27)10-7-13-26-23(28)21(33-24(26)32)15-16-11-12-19(29-2)20(14-16)30-3/h5-6,8-9,11-12,14-15H,4,7,10,13H2,1-3H3,(H,25,27). The van der Waals surface area contributed by atoms with Crippen LogP contribution in [0.1, 0.15) is 25.3 Å². The van der Waals surface area contributed by atoms with E-state index >= 15 is 0 Å². The van der Waals surface area contributed by atoms with Crippen LogP contribution in [0.5, 0.6) is 17.2 Å². The molecule has 33 heavy (non-hydrogen) atoms. The van der Waals surface area contributed by atoms with Gasteiger partial charge in [0.1, 0.15) is 10.1 Å². The number of methoxy groups -OCH3 is 2. The van der Waals surface area contributed by atoms with Gasteiger partial charge in [0.2, 0.25) is 5.91 Å². The highest BCUT2D eigenvalue weighted by atomic mass is 32.2. The summed E-state index contributed by atoms with van der Waals surface area (Å²) >= 11 is 6.64. The number of carbonyl (C=O) groups excluding carboxylic acids is 2. The van der Waals surface area contributed by atoms with Crippen LogP contribution < -0.4 is 19.5 Å². The number of ether oxygens (including phenoxy) is 3. The number of hydrogen-bond acceptors (Lipinski definition) is 7. The van der Waals surface area contributed by atoms with Gasteiger partial charge in [-0.1, -0.05) is 42.2 Å². The van der Waals surface area contributed by atoms with Crippen molar-refractivity contribution in [1.29, 1.82) is 0 Å². The summed E-state index contributed by atoms with van der Waals surface area (Å²) in [5.41, 5.74) is 1.44. The molecule has 2 amide bonds. The van der Waals surface area contributed by atoms with Gasteiger partial charge in [0.25, 0.3) is 5.91 Å². The van der Waals surface area contributed by atoms with E-state index < -0.39 is 0 Å². The Morgan fingerprint density at radius 2 is 1.88 bits per heavy atom. The molecule has 0 unspecified atom stereocenters. The average Bonchev–Trinajstić information content (AvgIpc) is 3.07. The highest BCUT2D eigenvalue weighted by Gasteiger charge is 2.31. The van der Waals surface area contributed by atoms with Crippen LogP contribution in [0.3, 0.4) is 0 Å². The lowest BCUT2D eigenvalue weighted by atomic mass is 10.2. The third-order valence-corrected chi connectivity index (χ3v) is 6.20. The summed E-state index contributed by atoms with van der Waals surface area (Å²) in [4.78, 5) is 27.3. The summed E-state index contributed by atoms with van der Waals surface area (Å²) in [6.07, 6.45) is 2.52. The predicted octanol–water partition coefficient (Wildman–Crippen LogP) is 4.72. The molecule has 0 spiro atoms. The van der Waals surface area contributed by atoms with Crippen LogP contribution >= 0.6 is 24.0 Å². The lowest BCUT2D eigenvalue weighted by Gasteiger charge is -2.15. The van der Waals surface area contributed by atoms with Gasteiger partial charge in [0.05, 0.1) is 31.4 Å². The fraction of sp³-hybridized carbons (Fsp3) is 0.292. The van der Waals surface area contributed by atoms with Gasteiger partial charge in [-0.15, -0.1) is 0 Å². The van der Waals surface area contributed by atoms with Crippen molar-refractivity contribution in [2.45, 2.75) is 19.8 Å². The second-order valence-corrected chi connectivity index (χ2v) is 8.70. The first-order valence-electron chi connectivity index (χ1n) is 10.5. The van der Waals surface area contributed by atoms with Gasteiger partial charge in [-0.25, -0.2) is 0 Å². The maximum Gasteiger partial charge on any atom is 0.266 e. The van der Waals surface area contributed by atoms with Gasteiger partial charge < -0.3 is 19.5 Å². The highest BCUT2D eigenvalue weighted by Crippen LogP contribution is 2.35. The first-order chi connectivity index (χ1) is 16.0. The summed E-state index contributed by atoms with van der Waals surface area (Å²) in [6.45, 7) is 2.77. The maximum absolute atomic E-state index is 12.9. The van der Waals surface area contributed by atoms with E-state index in [2.05, 4.69) is 5.32 Å². The molecule has 0 atom stereocenters. The molecule has 1 saturated heterocycles. The van der Waals surface area contributed by atoms with E-state index in [-0.39, 0.29) is 18.2 Å². The molecular weight excluding hydrogens is 460 g/mol. The van der Waals surface area contributed by atoms with Gasteiger partial charge >= 0.3 is 0 Å². The summed E-state index contributed by atoms with van der Waals surface area (Å²) in [5.74, 6) is 1.52. The molecule has 0 radical (unpaired) electrons. The number of rotatable bonds is 10. The van der Waals surface area contributed by atoms with E-state index in [4.69, 9.17) is 26.4 Å². The van der Waals surface area contributed by atoms with Crippen molar-refractivity contribution in [1.82, 2.24) is 4.90 Å². The molecule has 1 heterocycles. The van der Waals surface area contributed by atoms with Crippen LogP contribution in [0.25, 0.3) is 6.08 Å². The molecule has 2 aromatic rings. The monoisotopic (exact) mass is 486 g/mol. The third kappa shape index (κ3) is 6.27. The zero-order valence-corrected chi connectivity index (χ0v) is 20.4. The van der Waals surface area contributed by atoms with Crippen molar-refractivity contribution in [3.63, 3.8) is 0 Å². The molecule has 9 heteroatoms. The Balaban J connectivity index is 1.57. The molecule has 3 rings (SSSR count). The number of benzene rings is 2. The van der Waals surface area contributed by atoms with Crippen molar-refractivity contribution in [2.24, 2.45) is 0 Å². The minimum Gasteiger partial charge on any atom is -0.493 e. The molecule has 7 nitrogen and oxygen atoms in total. The molecule has 174 valence electrons. The Bertz CT molecular complexity index is 1070. The number of amides is 2. The molecule has 1 fully saturated rings. The quantitative estimate of drug-likeness (QED) is 0.385. The van der Waals surface area contributed by atoms with Crippen molar-refractivity contribution in [2.75, 3.05) is 32.7 Å². The van der Waals surface area contributed by atoms with Crippen molar-refractivity contribution < 1.29 is 23.8 Å². The second-order valence-electron chi connectivity index (χ2n) is 7.03.